The number of carbonyl (C=O) groups is 5. The molecule has 1 aromatic rings. The number of ketones is 2. The van der Waals surface area contributed by atoms with Gasteiger partial charge in [0.1, 0.15) is 35.6 Å². The molecule has 5 rings (SSSR count). The Morgan fingerprint density at radius 1 is 1.00 bits per heavy atom. The van der Waals surface area contributed by atoms with Crippen molar-refractivity contribution < 1.29 is 52.8 Å². The Bertz CT molecular complexity index is 1600. The van der Waals surface area contributed by atoms with Gasteiger partial charge in [-0.25, -0.2) is 14.6 Å². The van der Waals surface area contributed by atoms with E-state index in [2.05, 4.69) is 22.9 Å². The number of esters is 1. The van der Waals surface area contributed by atoms with Crippen LogP contribution >= 0.6 is 0 Å². The second-order valence-electron chi connectivity index (χ2n) is 17.4. The maximum absolute atomic E-state index is 14.5. The van der Waals surface area contributed by atoms with Gasteiger partial charge >= 0.3 is 18.2 Å². The molecule has 1 aromatic carbocycles. The van der Waals surface area contributed by atoms with Gasteiger partial charge in [0.05, 0.1) is 12.1 Å². The van der Waals surface area contributed by atoms with Crippen molar-refractivity contribution in [2.45, 2.75) is 147 Å². The number of nitrogens with zero attached hydrogens (tertiary/aromatic N) is 2. The van der Waals surface area contributed by atoms with Crippen molar-refractivity contribution >= 4 is 29.7 Å². The van der Waals surface area contributed by atoms with Gasteiger partial charge in [0.15, 0.2) is 17.7 Å². The molecular weight excluding hydrogens is 736 g/mol. The Morgan fingerprint density at radius 3 is 2.26 bits per heavy atom. The summed E-state index contributed by atoms with van der Waals surface area (Å²) in [7, 11) is 3.68. The molecule has 0 radical (unpaired) electrons. The number of benzene rings is 1. The first-order valence-corrected chi connectivity index (χ1v) is 20.5. The fraction of sp³-hybridized carbons (Fsp3) is 0.738. The molecule has 2 amide bonds. The number of aliphatic hydroxyl groups is 1. The first kappa shape index (κ1) is 44.5. The number of carbonyl (C=O) groups excluding carboxylic acids is 5. The summed E-state index contributed by atoms with van der Waals surface area (Å²) in [6, 6.07) is 8.97. The molecule has 13 atom stereocenters. The summed E-state index contributed by atoms with van der Waals surface area (Å²) < 4.78 is 30.9. The number of nitrogens with one attached hydrogen (secondary N) is 2. The van der Waals surface area contributed by atoms with Crippen LogP contribution in [-0.2, 0) is 38.1 Å². The minimum atomic E-state index is -1.72. The number of ether oxygens (including phenoxy) is 5. The number of aliphatic hydroxyl groups excluding tert-OH is 1. The van der Waals surface area contributed by atoms with Crippen LogP contribution in [0.1, 0.15) is 99.0 Å². The molecule has 318 valence electrons. The zero-order valence-electron chi connectivity index (χ0n) is 35.2. The van der Waals surface area contributed by atoms with Gasteiger partial charge in [-0.05, 0) is 85.4 Å². The van der Waals surface area contributed by atoms with Gasteiger partial charge in [-0.1, -0.05) is 58.0 Å². The molecule has 57 heavy (non-hydrogen) atoms. The summed E-state index contributed by atoms with van der Waals surface area (Å²) in [5, 5.41) is 16.1. The molecule has 4 heterocycles. The van der Waals surface area contributed by atoms with E-state index in [1.165, 1.54) is 12.5 Å². The van der Waals surface area contributed by atoms with Gasteiger partial charge in [-0.15, -0.1) is 0 Å². The second-order valence-corrected chi connectivity index (χ2v) is 17.4. The van der Waals surface area contributed by atoms with Crippen molar-refractivity contribution in [2.24, 2.45) is 23.7 Å². The summed E-state index contributed by atoms with van der Waals surface area (Å²) in [5.41, 5.74) is 0.975. The Labute approximate surface area is 336 Å². The molecule has 15 nitrogen and oxygen atoms in total. The maximum atomic E-state index is 14.5. The highest BCUT2D eigenvalue weighted by Crippen LogP contribution is 2.40. The summed E-state index contributed by atoms with van der Waals surface area (Å²) in [4.78, 5) is 71.4. The number of likely N-dealkylation sites (N-methyl/N-ethyl adjacent to an activating group) is 1. The summed E-state index contributed by atoms with van der Waals surface area (Å²) in [6.45, 7) is 14.4. The lowest BCUT2D eigenvalue weighted by molar-refractivity contribution is -0.292. The van der Waals surface area contributed by atoms with Crippen molar-refractivity contribution in [3.8, 4) is 0 Å². The molecule has 0 spiro atoms. The van der Waals surface area contributed by atoms with E-state index in [1.54, 1.807) is 46.6 Å². The Hall–Kier alpha value is -3.63. The predicted octanol–water partition coefficient (Wildman–Crippen LogP) is 4.35. The van der Waals surface area contributed by atoms with Crippen molar-refractivity contribution in [3.63, 3.8) is 0 Å². The number of hydrogen-bond donors (Lipinski definition) is 3. The smallest absolute Gasteiger partial charge is 0.422 e. The van der Waals surface area contributed by atoms with E-state index in [0.29, 0.717) is 25.4 Å². The number of rotatable bonds is 7. The van der Waals surface area contributed by atoms with E-state index in [-0.39, 0.29) is 30.8 Å². The topological polar surface area (TPSA) is 182 Å². The van der Waals surface area contributed by atoms with Crippen molar-refractivity contribution in [3.05, 3.63) is 35.9 Å². The third kappa shape index (κ3) is 9.65. The number of amides is 2. The van der Waals surface area contributed by atoms with Crippen molar-refractivity contribution in [1.82, 2.24) is 20.7 Å². The number of hydrogen-bond acceptors (Lipinski definition) is 13. The number of Topliss-reactive ketones (excluding diaryl/α,β-unsaturated/α-hetero) is 2. The molecule has 0 saturated carbocycles. The summed E-state index contributed by atoms with van der Waals surface area (Å²) in [6.07, 6.45) is -4.40. The van der Waals surface area contributed by atoms with Crippen LogP contribution in [0.3, 0.4) is 0 Å². The Morgan fingerprint density at radius 2 is 1.65 bits per heavy atom. The standard InChI is InChI=1S/C42H64N4O11/c1-11-31-42(8)35(43-39(51)57-42)25(4)32(47)23(2)22-41(7,56-40(52)44-46-19-17-29(18-20-46)28-15-13-12-14-16-28)36(26(5)33(48)27(6)37(50)54-31)55-38-34(49)30(45(9)10)21-24(3)53-38/h12-16,23-27,29-31,34-36,38,49H,11,17-22H2,1-10H3,(H,43,51)(H,44,52)/t23-,24-,25+,26+,27-,30+,31-,34-,35-,36-,38+,41-,42-/m1/s1. The zero-order valence-corrected chi connectivity index (χ0v) is 35.2. The van der Waals surface area contributed by atoms with Crippen LogP contribution in [0, 0.1) is 23.7 Å². The molecule has 4 fully saturated rings. The lowest BCUT2D eigenvalue weighted by atomic mass is 9.73. The third-order valence-corrected chi connectivity index (χ3v) is 12.8. The zero-order chi connectivity index (χ0) is 42.0. The van der Waals surface area contributed by atoms with Gasteiger partial charge in [0.25, 0.3) is 0 Å². The highest BCUT2D eigenvalue weighted by Gasteiger charge is 2.57. The van der Waals surface area contributed by atoms with E-state index in [0.717, 1.165) is 12.8 Å². The number of cyclic esters (lactones) is 1. The first-order chi connectivity index (χ1) is 26.8. The number of piperidine rings is 1. The monoisotopic (exact) mass is 800 g/mol. The first-order valence-electron chi connectivity index (χ1n) is 20.5. The SMILES string of the molecule is CC[C@H]1OC(=O)[C@H](C)C(=O)[C@H](C)[C@@H](O[C@@H]2O[C@H](C)C[C@H](N(C)C)[C@H]2O)[C@](C)(OC(=O)NN2CCC(c3ccccc3)CC2)C[C@@H](C)C(=O)[C@H](C)[C@H]2NC(=O)O[C@@]21C. The van der Waals surface area contributed by atoms with Crippen LogP contribution in [0.25, 0.3) is 0 Å². The molecule has 4 aliphatic rings. The number of fused-ring (bicyclic) bond motifs is 1. The molecule has 15 heteroatoms. The van der Waals surface area contributed by atoms with Crippen molar-refractivity contribution in [2.75, 3.05) is 27.2 Å². The van der Waals surface area contributed by atoms with Crippen LogP contribution in [-0.4, -0.2) is 126 Å². The number of alkyl carbamates (subject to hydrolysis) is 1. The van der Waals surface area contributed by atoms with Gasteiger partial charge in [-0.3, -0.25) is 19.8 Å². The van der Waals surface area contributed by atoms with Gasteiger partial charge in [0, 0.05) is 36.9 Å². The average Bonchev–Trinajstić information content (AvgIpc) is 3.49. The van der Waals surface area contributed by atoms with E-state index < -0.39 is 89.5 Å². The van der Waals surface area contributed by atoms with Crippen LogP contribution in [0.5, 0.6) is 0 Å². The maximum Gasteiger partial charge on any atom is 0.422 e. The van der Waals surface area contributed by atoms with E-state index in [9.17, 15) is 29.1 Å². The molecule has 3 N–H and O–H groups in total. The Balaban J connectivity index is 1.51. The number of hydrazine groups is 1. The average molecular weight is 801 g/mol. The predicted molar refractivity (Wildman–Crippen MR) is 209 cm³/mol. The largest absolute Gasteiger partial charge is 0.458 e. The lowest BCUT2D eigenvalue weighted by Gasteiger charge is -2.47. The van der Waals surface area contributed by atoms with Gasteiger partial charge in [0.2, 0.25) is 0 Å². The Kier molecular flexibility index (Phi) is 14.1. The highest BCUT2D eigenvalue weighted by molar-refractivity contribution is 6.00. The fourth-order valence-electron chi connectivity index (χ4n) is 9.50. The summed E-state index contributed by atoms with van der Waals surface area (Å²) >= 11 is 0. The van der Waals surface area contributed by atoms with Gasteiger partial charge in [-0.2, -0.15) is 0 Å². The van der Waals surface area contributed by atoms with Crippen LogP contribution in [0.4, 0.5) is 9.59 Å². The van der Waals surface area contributed by atoms with Crippen molar-refractivity contribution in [1.29, 1.82) is 0 Å². The van der Waals surface area contributed by atoms with E-state index >= 15 is 0 Å². The second kappa shape index (κ2) is 18.1. The lowest BCUT2D eigenvalue weighted by Crippen LogP contribution is -2.61. The van der Waals surface area contributed by atoms with E-state index in [1.807, 2.05) is 44.1 Å². The van der Waals surface area contributed by atoms with E-state index in [4.69, 9.17) is 23.7 Å². The molecule has 0 bridgehead atoms. The quantitative estimate of drug-likeness (QED) is 0.201. The molecule has 4 aliphatic heterocycles. The minimum absolute atomic E-state index is 0.119. The molecule has 0 unspecified atom stereocenters. The molecule has 0 aliphatic carbocycles. The minimum Gasteiger partial charge on any atom is -0.458 e. The van der Waals surface area contributed by atoms with Crippen LogP contribution in [0.2, 0.25) is 0 Å². The fourth-order valence-corrected chi connectivity index (χ4v) is 9.50. The van der Waals surface area contributed by atoms with Gasteiger partial charge < -0.3 is 39.0 Å². The summed E-state index contributed by atoms with van der Waals surface area (Å²) in [5.74, 6) is -5.48. The van der Waals surface area contributed by atoms with Crippen LogP contribution < -0.4 is 10.7 Å². The van der Waals surface area contributed by atoms with Crippen LogP contribution in [0.15, 0.2) is 30.3 Å². The molecule has 0 aromatic heterocycles. The molecular formula is C42H64N4O11. The normalized spacial score (nSPS) is 39.1. The third-order valence-electron chi connectivity index (χ3n) is 12.8. The highest BCUT2D eigenvalue weighted by atomic mass is 16.7. The molecule has 4 saturated heterocycles.